The van der Waals surface area contributed by atoms with Gasteiger partial charge in [0.1, 0.15) is 5.41 Å². The Bertz CT molecular complexity index is 1320. The molecule has 0 spiro atoms. The number of hydrogen-bond acceptors (Lipinski definition) is 3. The average Bonchev–Trinajstić information content (AvgIpc) is 3.16. The van der Waals surface area contributed by atoms with Crippen molar-refractivity contribution in [3.05, 3.63) is 107 Å². The van der Waals surface area contributed by atoms with Gasteiger partial charge in [-0.3, -0.25) is 9.13 Å². The van der Waals surface area contributed by atoms with Crippen LogP contribution >= 0.6 is 0 Å². The Balaban J connectivity index is 1.33. The van der Waals surface area contributed by atoms with Crippen molar-refractivity contribution in [2.24, 2.45) is 7.05 Å². The molecule has 34 heavy (non-hydrogen) atoms. The molecule has 0 atom stereocenters. The molecule has 172 valence electrons. The molecule has 0 unspecified atom stereocenters. The Morgan fingerprint density at radius 1 is 0.853 bits per heavy atom. The largest absolute Gasteiger partial charge is 0.329 e. The monoisotopic (exact) mass is 450 g/mol. The second-order valence-electron chi connectivity index (χ2n) is 9.27. The molecule has 0 saturated carbocycles. The van der Waals surface area contributed by atoms with Crippen LogP contribution in [0.25, 0.3) is 11.0 Å². The highest BCUT2D eigenvalue weighted by molar-refractivity contribution is 5.76. The number of rotatable bonds is 6. The SMILES string of the molecule is Cn1c(=O)n(C2CCN(CCC(C#N)(c3ccccc3)c3ccccc3)CC2)c2ccccc21. The maximum atomic E-state index is 13.0. The molecule has 5 rings (SSSR count). The summed E-state index contributed by atoms with van der Waals surface area (Å²) < 4.78 is 3.74. The molecule has 1 fully saturated rings. The number of imidazole rings is 1. The summed E-state index contributed by atoms with van der Waals surface area (Å²) in [6.45, 7) is 2.69. The predicted octanol–water partition coefficient (Wildman–Crippen LogP) is 4.88. The number of hydrogen-bond donors (Lipinski definition) is 0. The first-order valence-corrected chi connectivity index (χ1v) is 12.0. The molecule has 4 aromatic rings. The summed E-state index contributed by atoms with van der Waals surface area (Å²) in [6, 6.07) is 31.2. The van der Waals surface area contributed by atoms with Gasteiger partial charge in [-0.2, -0.15) is 5.26 Å². The van der Waals surface area contributed by atoms with Gasteiger partial charge in [0.05, 0.1) is 17.1 Å². The standard InChI is InChI=1S/C29H30N4O/c1-31-26-14-8-9-15-27(26)33(28(31)34)25-16-19-32(20-17-25)21-18-29(22-30,23-10-4-2-5-11-23)24-12-6-3-7-13-24/h2-15,25H,16-21H2,1H3. The maximum Gasteiger partial charge on any atom is 0.329 e. The molecule has 5 nitrogen and oxygen atoms in total. The number of likely N-dealkylation sites (tertiary alicyclic amines) is 1. The van der Waals surface area contributed by atoms with Crippen LogP contribution in [-0.2, 0) is 12.5 Å². The Hall–Kier alpha value is -3.62. The number of aryl methyl sites for hydroxylation is 1. The molecule has 2 heterocycles. The Morgan fingerprint density at radius 3 is 1.94 bits per heavy atom. The van der Waals surface area contributed by atoms with Crippen LogP contribution in [0.1, 0.15) is 36.4 Å². The quantitative estimate of drug-likeness (QED) is 0.421. The fraction of sp³-hybridized carbons (Fsp3) is 0.310. The van der Waals surface area contributed by atoms with Gasteiger partial charge in [-0.05, 0) is 42.5 Å². The van der Waals surface area contributed by atoms with E-state index < -0.39 is 5.41 Å². The van der Waals surface area contributed by atoms with E-state index in [0.717, 1.165) is 61.1 Å². The molecule has 5 heteroatoms. The molecule has 1 aliphatic rings. The summed E-state index contributed by atoms with van der Waals surface area (Å²) in [5.41, 5.74) is 3.48. The van der Waals surface area contributed by atoms with E-state index in [0.29, 0.717) is 0 Å². The molecule has 1 saturated heterocycles. The van der Waals surface area contributed by atoms with E-state index in [4.69, 9.17) is 0 Å². The smallest absolute Gasteiger partial charge is 0.303 e. The Labute approximate surface area is 200 Å². The predicted molar refractivity (Wildman–Crippen MR) is 136 cm³/mol. The Morgan fingerprint density at radius 2 is 1.38 bits per heavy atom. The number of aromatic nitrogens is 2. The average molecular weight is 451 g/mol. The van der Waals surface area contributed by atoms with Gasteiger partial charge in [0.2, 0.25) is 0 Å². The van der Waals surface area contributed by atoms with Crippen LogP contribution in [0.2, 0.25) is 0 Å². The number of nitrogens with zero attached hydrogens (tertiary/aromatic N) is 4. The number of piperidine rings is 1. The highest BCUT2D eigenvalue weighted by atomic mass is 16.1. The van der Waals surface area contributed by atoms with E-state index >= 15 is 0 Å². The van der Waals surface area contributed by atoms with Crippen LogP contribution in [0.4, 0.5) is 0 Å². The summed E-state index contributed by atoms with van der Waals surface area (Å²) >= 11 is 0. The lowest BCUT2D eigenvalue weighted by Gasteiger charge is -2.35. The summed E-state index contributed by atoms with van der Waals surface area (Å²) in [6.07, 6.45) is 2.60. The van der Waals surface area contributed by atoms with Gasteiger partial charge < -0.3 is 4.90 Å². The highest BCUT2D eigenvalue weighted by Crippen LogP contribution is 2.36. The van der Waals surface area contributed by atoms with Gasteiger partial charge in [-0.1, -0.05) is 72.8 Å². The van der Waals surface area contributed by atoms with Crippen molar-refractivity contribution in [2.75, 3.05) is 19.6 Å². The zero-order valence-corrected chi connectivity index (χ0v) is 19.6. The van der Waals surface area contributed by atoms with Crippen LogP contribution < -0.4 is 5.69 Å². The van der Waals surface area contributed by atoms with Crippen molar-refractivity contribution in [3.63, 3.8) is 0 Å². The lowest BCUT2D eigenvalue weighted by Crippen LogP contribution is -2.40. The highest BCUT2D eigenvalue weighted by Gasteiger charge is 2.35. The minimum absolute atomic E-state index is 0.0660. The van der Waals surface area contributed by atoms with Gasteiger partial charge in [0.15, 0.2) is 0 Å². The molecule has 0 radical (unpaired) electrons. The van der Waals surface area contributed by atoms with Crippen molar-refractivity contribution >= 4 is 11.0 Å². The first-order chi connectivity index (χ1) is 16.6. The fourth-order valence-electron chi connectivity index (χ4n) is 5.48. The molecule has 0 N–H and O–H groups in total. The van der Waals surface area contributed by atoms with E-state index in [1.54, 1.807) is 4.57 Å². The first-order valence-electron chi connectivity index (χ1n) is 12.0. The normalized spacial score (nSPS) is 15.4. The van der Waals surface area contributed by atoms with Gasteiger partial charge >= 0.3 is 5.69 Å². The summed E-state index contributed by atoms with van der Waals surface area (Å²) in [7, 11) is 1.85. The van der Waals surface area contributed by atoms with Gasteiger partial charge in [-0.15, -0.1) is 0 Å². The minimum atomic E-state index is -0.675. The van der Waals surface area contributed by atoms with Crippen LogP contribution in [0, 0.1) is 11.3 Å². The Kier molecular flexibility index (Phi) is 6.08. The lowest BCUT2D eigenvalue weighted by molar-refractivity contribution is 0.179. The van der Waals surface area contributed by atoms with Crippen molar-refractivity contribution in [3.8, 4) is 6.07 Å². The van der Waals surface area contributed by atoms with Crippen molar-refractivity contribution in [1.82, 2.24) is 14.0 Å². The van der Waals surface area contributed by atoms with E-state index in [1.165, 1.54) is 0 Å². The van der Waals surface area contributed by atoms with Crippen LogP contribution in [-0.4, -0.2) is 33.7 Å². The summed E-state index contributed by atoms with van der Waals surface area (Å²) in [5.74, 6) is 0. The van der Waals surface area contributed by atoms with Crippen LogP contribution in [0.3, 0.4) is 0 Å². The van der Waals surface area contributed by atoms with E-state index in [-0.39, 0.29) is 11.7 Å². The molecular formula is C29H30N4O. The summed E-state index contributed by atoms with van der Waals surface area (Å²) in [4.78, 5) is 15.4. The topological polar surface area (TPSA) is 54.0 Å². The van der Waals surface area contributed by atoms with Crippen molar-refractivity contribution < 1.29 is 0 Å². The van der Waals surface area contributed by atoms with Gasteiger partial charge in [0.25, 0.3) is 0 Å². The molecule has 0 amide bonds. The second kappa shape index (κ2) is 9.32. The molecular weight excluding hydrogens is 420 g/mol. The van der Waals surface area contributed by atoms with Gasteiger partial charge in [-0.25, -0.2) is 4.79 Å². The number of benzene rings is 3. The molecule has 0 bridgehead atoms. The van der Waals surface area contributed by atoms with E-state index in [2.05, 4.69) is 35.2 Å². The molecule has 1 aliphatic heterocycles. The number of fused-ring (bicyclic) bond motifs is 1. The van der Waals surface area contributed by atoms with Crippen molar-refractivity contribution in [2.45, 2.75) is 30.7 Å². The van der Waals surface area contributed by atoms with Crippen LogP contribution in [0.5, 0.6) is 0 Å². The summed E-state index contributed by atoms with van der Waals surface area (Å²) in [5, 5.41) is 10.4. The van der Waals surface area contributed by atoms with Crippen LogP contribution in [0.15, 0.2) is 89.7 Å². The fourth-order valence-corrected chi connectivity index (χ4v) is 5.48. The number of nitriles is 1. The maximum absolute atomic E-state index is 13.0. The molecule has 3 aromatic carbocycles. The molecule has 1 aromatic heterocycles. The van der Waals surface area contributed by atoms with E-state index in [1.807, 2.05) is 72.3 Å². The van der Waals surface area contributed by atoms with E-state index in [9.17, 15) is 10.1 Å². The minimum Gasteiger partial charge on any atom is -0.303 e. The third kappa shape index (κ3) is 3.85. The molecule has 0 aliphatic carbocycles. The third-order valence-electron chi connectivity index (χ3n) is 7.44. The zero-order valence-electron chi connectivity index (χ0n) is 19.6. The lowest BCUT2D eigenvalue weighted by atomic mass is 9.73. The first kappa shape index (κ1) is 22.2. The van der Waals surface area contributed by atoms with Crippen molar-refractivity contribution in [1.29, 1.82) is 5.26 Å². The second-order valence-corrected chi connectivity index (χ2v) is 9.27. The van der Waals surface area contributed by atoms with Gasteiger partial charge in [0, 0.05) is 32.7 Å². The zero-order chi connectivity index (χ0) is 23.5. The third-order valence-corrected chi connectivity index (χ3v) is 7.44. The number of para-hydroxylation sites is 2.